The van der Waals surface area contributed by atoms with Crippen LogP contribution in [0.15, 0.2) is 18.3 Å². The molecule has 92 valence electrons. The number of rotatable bonds is 3. The highest BCUT2D eigenvalue weighted by Crippen LogP contribution is 2.21. The van der Waals surface area contributed by atoms with Crippen molar-refractivity contribution in [2.45, 2.75) is 12.8 Å². The first-order chi connectivity index (χ1) is 8.20. The van der Waals surface area contributed by atoms with Gasteiger partial charge in [0.1, 0.15) is 5.69 Å². The Hall–Kier alpha value is -0.800. The zero-order chi connectivity index (χ0) is 12.3. The van der Waals surface area contributed by atoms with Crippen LogP contribution in [-0.2, 0) is 0 Å². The SMILES string of the molecule is O=C(c1ccc(Cl)cn1)N1CCC(CCCl)C1. The van der Waals surface area contributed by atoms with Gasteiger partial charge in [0.15, 0.2) is 0 Å². The lowest BCUT2D eigenvalue weighted by atomic mass is 10.1. The van der Waals surface area contributed by atoms with Crippen molar-refractivity contribution in [1.29, 1.82) is 0 Å². The summed E-state index contributed by atoms with van der Waals surface area (Å²) < 4.78 is 0. The molecular formula is C12H14Cl2N2O. The first kappa shape index (κ1) is 12.7. The van der Waals surface area contributed by atoms with Crippen molar-refractivity contribution in [1.82, 2.24) is 9.88 Å². The van der Waals surface area contributed by atoms with Gasteiger partial charge in [-0.15, -0.1) is 11.6 Å². The molecule has 1 aromatic heterocycles. The Labute approximate surface area is 111 Å². The summed E-state index contributed by atoms with van der Waals surface area (Å²) in [5.74, 6) is 1.17. The minimum atomic E-state index is -0.0151. The highest BCUT2D eigenvalue weighted by molar-refractivity contribution is 6.30. The molecule has 3 nitrogen and oxygen atoms in total. The van der Waals surface area contributed by atoms with Gasteiger partial charge in [-0.3, -0.25) is 4.79 Å². The van der Waals surface area contributed by atoms with Crippen LogP contribution < -0.4 is 0 Å². The van der Waals surface area contributed by atoms with Gasteiger partial charge in [0.05, 0.1) is 5.02 Å². The highest BCUT2D eigenvalue weighted by Gasteiger charge is 2.26. The maximum atomic E-state index is 12.1. The molecule has 0 aliphatic carbocycles. The Morgan fingerprint density at radius 1 is 1.53 bits per heavy atom. The van der Waals surface area contributed by atoms with Crippen LogP contribution in [0.25, 0.3) is 0 Å². The second-order valence-electron chi connectivity index (χ2n) is 4.25. The van der Waals surface area contributed by atoms with E-state index in [1.165, 1.54) is 6.20 Å². The summed E-state index contributed by atoms with van der Waals surface area (Å²) in [7, 11) is 0. The van der Waals surface area contributed by atoms with Gasteiger partial charge in [0, 0.05) is 25.2 Å². The third kappa shape index (κ3) is 3.11. The predicted molar refractivity (Wildman–Crippen MR) is 68.6 cm³/mol. The zero-order valence-corrected chi connectivity index (χ0v) is 10.9. The highest BCUT2D eigenvalue weighted by atomic mass is 35.5. The molecule has 1 aliphatic rings. The van der Waals surface area contributed by atoms with Gasteiger partial charge in [-0.1, -0.05) is 11.6 Å². The summed E-state index contributed by atoms with van der Waals surface area (Å²) in [6.07, 6.45) is 3.51. The van der Waals surface area contributed by atoms with E-state index in [0.29, 0.717) is 22.5 Å². The Morgan fingerprint density at radius 3 is 3.00 bits per heavy atom. The quantitative estimate of drug-likeness (QED) is 0.793. The molecule has 1 atom stereocenters. The Morgan fingerprint density at radius 2 is 2.35 bits per heavy atom. The number of amides is 1. The van der Waals surface area contributed by atoms with Crippen LogP contribution in [0.1, 0.15) is 23.3 Å². The van der Waals surface area contributed by atoms with Gasteiger partial charge in [0.2, 0.25) is 0 Å². The van der Waals surface area contributed by atoms with Gasteiger partial charge in [-0.05, 0) is 30.9 Å². The van der Waals surface area contributed by atoms with E-state index in [2.05, 4.69) is 4.98 Å². The van der Waals surface area contributed by atoms with E-state index >= 15 is 0 Å². The molecule has 1 aromatic rings. The predicted octanol–water partition coefficient (Wildman–Crippen LogP) is 2.83. The molecular weight excluding hydrogens is 259 g/mol. The standard InChI is InChI=1S/C12H14Cl2N2O/c13-5-3-9-4-6-16(8-9)12(17)11-2-1-10(14)7-15-11/h1-2,7,9H,3-6,8H2. The van der Waals surface area contributed by atoms with Crippen LogP contribution >= 0.6 is 23.2 Å². The molecule has 5 heteroatoms. The number of hydrogen-bond donors (Lipinski definition) is 0. The Bertz CT molecular complexity index is 394. The van der Waals surface area contributed by atoms with Gasteiger partial charge < -0.3 is 4.90 Å². The number of carbonyl (C=O) groups excluding carboxylic acids is 1. The molecule has 0 aromatic carbocycles. The molecule has 2 rings (SSSR count). The lowest BCUT2D eigenvalue weighted by Crippen LogP contribution is -2.29. The van der Waals surface area contributed by atoms with Crippen molar-refractivity contribution >= 4 is 29.1 Å². The minimum Gasteiger partial charge on any atom is -0.337 e. The molecule has 1 aliphatic heterocycles. The number of nitrogens with zero attached hydrogens (tertiary/aromatic N) is 2. The minimum absolute atomic E-state index is 0.0151. The van der Waals surface area contributed by atoms with Crippen LogP contribution in [0, 0.1) is 5.92 Å². The van der Waals surface area contributed by atoms with Crippen LogP contribution in [0.2, 0.25) is 5.02 Å². The van der Waals surface area contributed by atoms with Crippen molar-refractivity contribution in [3.63, 3.8) is 0 Å². The number of carbonyl (C=O) groups is 1. The van der Waals surface area contributed by atoms with E-state index in [-0.39, 0.29) is 5.91 Å². The number of pyridine rings is 1. The summed E-state index contributed by atoms with van der Waals surface area (Å²) >= 11 is 11.5. The molecule has 1 fully saturated rings. The van der Waals surface area contributed by atoms with E-state index in [4.69, 9.17) is 23.2 Å². The fraction of sp³-hybridized carbons (Fsp3) is 0.500. The fourth-order valence-electron chi connectivity index (χ4n) is 2.07. The molecule has 0 radical (unpaired) electrons. The zero-order valence-electron chi connectivity index (χ0n) is 9.40. The molecule has 17 heavy (non-hydrogen) atoms. The number of halogens is 2. The van der Waals surface area contributed by atoms with Crippen LogP contribution in [0.5, 0.6) is 0 Å². The van der Waals surface area contributed by atoms with Crippen LogP contribution in [0.4, 0.5) is 0 Å². The molecule has 2 heterocycles. The first-order valence-electron chi connectivity index (χ1n) is 5.67. The second-order valence-corrected chi connectivity index (χ2v) is 5.06. The average molecular weight is 273 g/mol. The molecule has 0 bridgehead atoms. The number of alkyl halides is 1. The normalized spacial score (nSPS) is 19.6. The Balaban J connectivity index is 1.99. The average Bonchev–Trinajstić information content (AvgIpc) is 2.78. The summed E-state index contributed by atoms with van der Waals surface area (Å²) in [4.78, 5) is 18.0. The van der Waals surface area contributed by atoms with E-state index in [1.807, 2.05) is 4.90 Å². The van der Waals surface area contributed by atoms with E-state index < -0.39 is 0 Å². The van der Waals surface area contributed by atoms with Crippen molar-refractivity contribution in [3.05, 3.63) is 29.0 Å². The lowest BCUT2D eigenvalue weighted by molar-refractivity contribution is 0.0781. The van der Waals surface area contributed by atoms with Crippen LogP contribution in [-0.4, -0.2) is 34.8 Å². The summed E-state index contributed by atoms with van der Waals surface area (Å²) in [5.41, 5.74) is 0.459. The van der Waals surface area contributed by atoms with E-state index in [1.54, 1.807) is 12.1 Å². The van der Waals surface area contributed by atoms with Crippen molar-refractivity contribution in [2.75, 3.05) is 19.0 Å². The van der Waals surface area contributed by atoms with Crippen LogP contribution in [0.3, 0.4) is 0 Å². The number of hydrogen-bond acceptors (Lipinski definition) is 2. The molecule has 0 saturated carbocycles. The van der Waals surface area contributed by atoms with Gasteiger partial charge in [-0.25, -0.2) is 4.98 Å². The number of likely N-dealkylation sites (tertiary alicyclic amines) is 1. The molecule has 1 saturated heterocycles. The third-order valence-corrected chi connectivity index (χ3v) is 3.48. The Kier molecular flexibility index (Phi) is 4.24. The molecule has 1 amide bonds. The molecule has 0 N–H and O–H groups in total. The first-order valence-corrected chi connectivity index (χ1v) is 6.58. The van der Waals surface area contributed by atoms with Gasteiger partial charge in [0.25, 0.3) is 5.91 Å². The largest absolute Gasteiger partial charge is 0.337 e. The van der Waals surface area contributed by atoms with Gasteiger partial charge >= 0.3 is 0 Å². The molecule has 1 unspecified atom stereocenters. The monoisotopic (exact) mass is 272 g/mol. The molecule has 0 spiro atoms. The maximum absolute atomic E-state index is 12.1. The third-order valence-electron chi connectivity index (χ3n) is 3.04. The van der Waals surface area contributed by atoms with E-state index in [9.17, 15) is 4.79 Å². The topological polar surface area (TPSA) is 33.2 Å². The van der Waals surface area contributed by atoms with E-state index in [0.717, 1.165) is 25.9 Å². The van der Waals surface area contributed by atoms with Gasteiger partial charge in [-0.2, -0.15) is 0 Å². The summed E-state index contributed by atoms with van der Waals surface area (Å²) in [6, 6.07) is 3.35. The second kappa shape index (κ2) is 5.69. The van der Waals surface area contributed by atoms with Crippen molar-refractivity contribution in [2.24, 2.45) is 5.92 Å². The lowest BCUT2D eigenvalue weighted by Gasteiger charge is -2.15. The summed E-state index contributed by atoms with van der Waals surface area (Å²) in [5, 5.41) is 0.544. The van der Waals surface area contributed by atoms with Crippen molar-refractivity contribution < 1.29 is 4.79 Å². The fourth-order valence-corrected chi connectivity index (χ4v) is 2.49. The number of aromatic nitrogens is 1. The van der Waals surface area contributed by atoms with Crippen molar-refractivity contribution in [3.8, 4) is 0 Å². The summed E-state index contributed by atoms with van der Waals surface area (Å²) in [6.45, 7) is 1.58. The smallest absolute Gasteiger partial charge is 0.272 e. The maximum Gasteiger partial charge on any atom is 0.272 e.